The molecule has 1 unspecified atom stereocenters. The summed E-state index contributed by atoms with van der Waals surface area (Å²) in [6, 6.07) is 8.41. The zero-order valence-electron chi connectivity index (χ0n) is 9.99. The first-order chi connectivity index (χ1) is 7.76. The van der Waals surface area contributed by atoms with E-state index >= 15 is 0 Å². The average molecular weight is 217 g/mol. The van der Waals surface area contributed by atoms with Crippen molar-refractivity contribution in [1.29, 1.82) is 0 Å². The van der Waals surface area contributed by atoms with Gasteiger partial charge in [0.2, 0.25) is 0 Å². The molecule has 1 aromatic rings. The van der Waals surface area contributed by atoms with Crippen LogP contribution in [0.1, 0.15) is 18.4 Å². The number of ether oxygens (including phenoxy) is 1. The van der Waals surface area contributed by atoms with E-state index in [0.29, 0.717) is 12.6 Å². The molecular weight excluding hydrogens is 198 g/mol. The minimum absolute atomic E-state index is 0.342. The lowest BCUT2D eigenvalue weighted by Crippen LogP contribution is -2.26. The molecule has 1 atom stereocenters. The Kier molecular flexibility index (Phi) is 5.45. The number of rotatable bonds is 6. The van der Waals surface area contributed by atoms with E-state index in [2.05, 4.69) is 24.2 Å². The molecule has 0 fully saturated rings. The maximum Gasteiger partial charge on any atom is 0.119 e. The minimum Gasteiger partial charge on any atom is -0.494 e. The molecule has 0 spiro atoms. The van der Waals surface area contributed by atoms with Gasteiger partial charge in [-0.15, -0.1) is 12.3 Å². The topological polar surface area (TPSA) is 21.3 Å². The number of hydrogen-bond donors (Lipinski definition) is 1. The Balaban J connectivity index is 2.32. The smallest absolute Gasteiger partial charge is 0.119 e. The zero-order chi connectivity index (χ0) is 11.8. The van der Waals surface area contributed by atoms with Crippen molar-refractivity contribution in [2.75, 3.05) is 13.7 Å². The van der Waals surface area contributed by atoms with Gasteiger partial charge in [-0.1, -0.05) is 12.1 Å². The largest absolute Gasteiger partial charge is 0.494 e. The van der Waals surface area contributed by atoms with Gasteiger partial charge in [-0.25, -0.2) is 0 Å². The fourth-order valence-corrected chi connectivity index (χ4v) is 1.51. The molecule has 0 aliphatic rings. The lowest BCUT2D eigenvalue weighted by atomic mass is 10.1. The highest BCUT2D eigenvalue weighted by Gasteiger charge is 2.04. The number of nitrogens with one attached hydrogen (secondary N) is 1. The molecule has 0 aliphatic carbocycles. The van der Waals surface area contributed by atoms with E-state index in [1.165, 1.54) is 5.56 Å². The Hall–Kier alpha value is -1.46. The Morgan fingerprint density at radius 3 is 2.94 bits per heavy atom. The molecule has 0 bridgehead atoms. The van der Waals surface area contributed by atoms with E-state index in [4.69, 9.17) is 11.2 Å². The Labute approximate surface area is 98.0 Å². The quantitative estimate of drug-likeness (QED) is 0.739. The van der Waals surface area contributed by atoms with Crippen molar-refractivity contribution in [2.24, 2.45) is 0 Å². The molecule has 0 aromatic heterocycles. The lowest BCUT2D eigenvalue weighted by molar-refractivity contribution is 0.290. The second-order valence-corrected chi connectivity index (χ2v) is 3.85. The van der Waals surface area contributed by atoms with Crippen molar-refractivity contribution in [1.82, 2.24) is 5.32 Å². The van der Waals surface area contributed by atoms with Gasteiger partial charge in [-0.3, -0.25) is 0 Å². The highest BCUT2D eigenvalue weighted by molar-refractivity contribution is 5.27. The first-order valence-electron chi connectivity index (χ1n) is 5.56. The molecule has 0 aliphatic heterocycles. The van der Waals surface area contributed by atoms with E-state index in [1.54, 1.807) is 0 Å². The standard InChI is InChI=1S/C14H19NO/c1-4-6-13(15-3)9-10-16-14-8-5-7-12(2)11-14/h1,5,7-8,11,13,15H,6,9-10H2,2-3H3. The Morgan fingerprint density at radius 2 is 2.31 bits per heavy atom. The lowest BCUT2D eigenvalue weighted by Gasteiger charge is -2.13. The van der Waals surface area contributed by atoms with Gasteiger partial charge in [-0.05, 0) is 38.1 Å². The third-order valence-electron chi connectivity index (χ3n) is 2.50. The normalized spacial score (nSPS) is 11.8. The van der Waals surface area contributed by atoms with Crippen LogP contribution in [-0.2, 0) is 0 Å². The predicted octanol–water partition coefficient (Wildman–Crippen LogP) is 2.38. The second-order valence-electron chi connectivity index (χ2n) is 3.85. The van der Waals surface area contributed by atoms with Gasteiger partial charge in [-0.2, -0.15) is 0 Å². The third-order valence-corrected chi connectivity index (χ3v) is 2.50. The summed E-state index contributed by atoms with van der Waals surface area (Å²) in [6.45, 7) is 2.75. The fourth-order valence-electron chi connectivity index (χ4n) is 1.51. The molecule has 0 saturated heterocycles. The van der Waals surface area contributed by atoms with Crippen molar-refractivity contribution < 1.29 is 4.74 Å². The van der Waals surface area contributed by atoms with Crippen molar-refractivity contribution in [2.45, 2.75) is 25.8 Å². The van der Waals surface area contributed by atoms with Crippen LogP contribution in [0, 0.1) is 19.3 Å². The highest BCUT2D eigenvalue weighted by atomic mass is 16.5. The Bertz CT molecular complexity index is 354. The summed E-state index contributed by atoms with van der Waals surface area (Å²) in [5.74, 6) is 3.58. The van der Waals surface area contributed by atoms with Crippen LogP contribution < -0.4 is 10.1 Å². The van der Waals surface area contributed by atoms with Gasteiger partial charge in [0, 0.05) is 12.5 Å². The van der Waals surface area contributed by atoms with Crippen molar-refractivity contribution in [3.05, 3.63) is 29.8 Å². The van der Waals surface area contributed by atoms with Crippen LogP contribution in [0.15, 0.2) is 24.3 Å². The predicted molar refractivity (Wildman–Crippen MR) is 67.6 cm³/mol. The van der Waals surface area contributed by atoms with Crippen LogP contribution in [0.3, 0.4) is 0 Å². The van der Waals surface area contributed by atoms with E-state index in [0.717, 1.165) is 18.6 Å². The monoisotopic (exact) mass is 217 g/mol. The summed E-state index contributed by atoms with van der Waals surface area (Å²) in [5.41, 5.74) is 1.21. The number of hydrogen-bond acceptors (Lipinski definition) is 2. The molecule has 1 rings (SSSR count). The fraction of sp³-hybridized carbons (Fsp3) is 0.429. The summed E-state index contributed by atoms with van der Waals surface area (Å²) in [5, 5.41) is 3.18. The van der Waals surface area contributed by atoms with Crippen LogP contribution in [0.25, 0.3) is 0 Å². The van der Waals surface area contributed by atoms with Crippen LogP contribution in [0.5, 0.6) is 5.75 Å². The van der Waals surface area contributed by atoms with Gasteiger partial charge in [0.25, 0.3) is 0 Å². The van der Waals surface area contributed by atoms with E-state index < -0.39 is 0 Å². The first kappa shape index (κ1) is 12.6. The summed E-state index contributed by atoms with van der Waals surface area (Å²) >= 11 is 0. The van der Waals surface area contributed by atoms with Crippen LogP contribution in [-0.4, -0.2) is 19.7 Å². The third kappa shape index (κ3) is 4.37. The molecule has 2 heteroatoms. The highest BCUT2D eigenvalue weighted by Crippen LogP contribution is 2.12. The van der Waals surface area contributed by atoms with Crippen LogP contribution >= 0.6 is 0 Å². The van der Waals surface area contributed by atoms with Gasteiger partial charge >= 0.3 is 0 Å². The average Bonchev–Trinajstić information content (AvgIpc) is 2.28. The molecular formula is C14H19NO. The van der Waals surface area contributed by atoms with Gasteiger partial charge < -0.3 is 10.1 Å². The zero-order valence-corrected chi connectivity index (χ0v) is 9.99. The van der Waals surface area contributed by atoms with Crippen LogP contribution in [0.2, 0.25) is 0 Å². The van der Waals surface area contributed by atoms with E-state index in [1.807, 2.05) is 25.2 Å². The van der Waals surface area contributed by atoms with Gasteiger partial charge in [0.05, 0.1) is 6.61 Å². The maximum absolute atomic E-state index is 5.66. The summed E-state index contributed by atoms with van der Waals surface area (Å²) in [7, 11) is 1.93. The molecule has 1 aromatic carbocycles. The SMILES string of the molecule is C#CCC(CCOc1cccc(C)c1)NC. The molecule has 1 N–H and O–H groups in total. The molecule has 86 valence electrons. The van der Waals surface area contributed by atoms with Crippen molar-refractivity contribution in [3.8, 4) is 18.1 Å². The number of aryl methyl sites for hydroxylation is 1. The maximum atomic E-state index is 5.66. The second kappa shape index (κ2) is 6.92. The van der Waals surface area contributed by atoms with Crippen molar-refractivity contribution >= 4 is 0 Å². The number of terminal acetylenes is 1. The summed E-state index contributed by atoms with van der Waals surface area (Å²) in [6.07, 6.45) is 6.95. The first-order valence-corrected chi connectivity index (χ1v) is 5.56. The molecule has 0 amide bonds. The van der Waals surface area contributed by atoms with Gasteiger partial charge in [0.1, 0.15) is 5.75 Å². The molecule has 2 nitrogen and oxygen atoms in total. The molecule has 0 radical (unpaired) electrons. The molecule has 0 heterocycles. The molecule has 16 heavy (non-hydrogen) atoms. The minimum atomic E-state index is 0.342. The van der Waals surface area contributed by atoms with Gasteiger partial charge in [0.15, 0.2) is 0 Å². The Morgan fingerprint density at radius 1 is 1.50 bits per heavy atom. The molecule has 0 saturated carbocycles. The van der Waals surface area contributed by atoms with Crippen molar-refractivity contribution in [3.63, 3.8) is 0 Å². The van der Waals surface area contributed by atoms with E-state index in [9.17, 15) is 0 Å². The van der Waals surface area contributed by atoms with Crippen LogP contribution in [0.4, 0.5) is 0 Å². The van der Waals surface area contributed by atoms with E-state index in [-0.39, 0.29) is 0 Å². The summed E-state index contributed by atoms with van der Waals surface area (Å²) < 4.78 is 5.66. The number of benzene rings is 1. The summed E-state index contributed by atoms with van der Waals surface area (Å²) in [4.78, 5) is 0.